The van der Waals surface area contributed by atoms with Crippen LogP contribution in [0.3, 0.4) is 0 Å². The Balaban J connectivity index is 1.81. The Kier molecular flexibility index (Phi) is 7.11. The smallest absolute Gasteiger partial charge is 0.379 e. The number of carbonyl (C=O) groups excluding carboxylic acids is 1. The molecule has 0 bridgehead atoms. The van der Waals surface area contributed by atoms with Gasteiger partial charge < -0.3 is 10.2 Å². The molecule has 3 rings (SSSR count). The second-order valence-corrected chi connectivity index (χ2v) is 10.7. The molecule has 0 spiro atoms. The first-order valence-electron chi connectivity index (χ1n) is 9.98. The van der Waals surface area contributed by atoms with Crippen LogP contribution in [0.2, 0.25) is 5.02 Å². The fourth-order valence-electron chi connectivity index (χ4n) is 3.53. The average molecular weight is 472 g/mol. The molecule has 1 aromatic heterocycles. The number of thioether (sulfide) groups is 1. The topological polar surface area (TPSA) is 45.2 Å². The van der Waals surface area contributed by atoms with Crippen LogP contribution < -0.4 is 5.32 Å². The number of hydrogen-bond donors (Lipinski definition) is 1. The highest BCUT2D eigenvalue weighted by molar-refractivity contribution is 8.00. The lowest BCUT2D eigenvalue weighted by molar-refractivity contribution is -0.185. The predicted molar refractivity (Wildman–Crippen MR) is 119 cm³/mol. The highest BCUT2D eigenvalue weighted by Gasteiger charge is 2.42. The zero-order valence-electron chi connectivity index (χ0n) is 17.6. The highest BCUT2D eigenvalue weighted by Crippen LogP contribution is 2.36. The molecule has 31 heavy (non-hydrogen) atoms. The van der Waals surface area contributed by atoms with Crippen LogP contribution in [0.25, 0.3) is 0 Å². The van der Waals surface area contributed by atoms with Gasteiger partial charge in [0.05, 0.1) is 10.7 Å². The number of halogens is 4. The number of aromatic nitrogens is 1. The van der Waals surface area contributed by atoms with Crippen molar-refractivity contribution in [3.05, 3.63) is 52.3 Å². The molecule has 0 atom stereocenters. The fraction of sp³-hybridized carbons (Fsp3) is 0.455. The number of nitrogens with zero attached hydrogens (tertiary/aromatic N) is 2. The van der Waals surface area contributed by atoms with Gasteiger partial charge >= 0.3 is 12.1 Å². The Hall–Kier alpha value is -1.93. The molecule has 9 heteroatoms. The molecule has 4 nitrogen and oxygen atoms in total. The Labute approximate surface area is 189 Å². The molecule has 1 aliphatic heterocycles. The van der Waals surface area contributed by atoms with E-state index in [1.165, 1.54) is 0 Å². The van der Waals surface area contributed by atoms with Gasteiger partial charge in [0, 0.05) is 47.2 Å². The van der Waals surface area contributed by atoms with Gasteiger partial charge in [-0.05, 0) is 36.1 Å². The predicted octanol–water partition coefficient (Wildman–Crippen LogP) is 5.73. The van der Waals surface area contributed by atoms with Gasteiger partial charge in [0.25, 0.3) is 0 Å². The van der Waals surface area contributed by atoms with Crippen molar-refractivity contribution >= 4 is 35.0 Å². The maximum absolute atomic E-state index is 12.9. The van der Waals surface area contributed by atoms with Crippen LogP contribution >= 0.6 is 23.4 Å². The van der Waals surface area contributed by atoms with E-state index < -0.39 is 12.1 Å². The quantitative estimate of drug-likeness (QED) is 0.578. The summed E-state index contributed by atoms with van der Waals surface area (Å²) in [6.45, 7) is 6.92. The van der Waals surface area contributed by atoms with Gasteiger partial charge in [0.15, 0.2) is 0 Å². The molecule has 2 heterocycles. The van der Waals surface area contributed by atoms with Gasteiger partial charge in [-0.1, -0.05) is 38.4 Å². The fourth-order valence-corrected chi connectivity index (χ4v) is 4.82. The third-order valence-electron chi connectivity index (χ3n) is 4.90. The van der Waals surface area contributed by atoms with Gasteiger partial charge in [-0.15, -0.1) is 11.8 Å². The summed E-state index contributed by atoms with van der Waals surface area (Å²) in [4.78, 5) is 17.9. The summed E-state index contributed by atoms with van der Waals surface area (Å²) in [6, 6.07) is 5.55. The van der Waals surface area contributed by atoms with E-state index in [0.717, 1.165) is 26.5 Å². The van der Waals surface area contributed by atoms with Crippen molar-refractivity contribution < 1.29 is 18.0 Å². The highest BCUT2D eigenvalue weighted by atomic mass is 35.5. The monoisotopic (exact) mass is 471 g/mol. The van der Waals surface area contributed by atoms with Crippen LogP contribution in [-0.4, -0.2) is 39.8 Å². The van der Waals surface area contributed by atoms with Crippen molar-refractivity contribution in [2.24, 2.45) is 0 Å². The van der Waals surface area contributed by atoms with Gasteiger partial charge in [-0.25, -0.2) is 0 Å². The molecule has 0 radical (unpaired) electrons. The lowest BCUT2D eigenvalue weighted by Crippen LogP contribution is -2.42. The van der Waals surface area contributed by atoms with Crippen molar-refractivity contribution in [1.29, 1.82) is 0 Å². The number of alkyl halides is 3. The summed E-state index contributed by atoms with van der Waals surface area (Å²) in [6.07, 6.45) is -0.653. The van der Waals surface area contributed by atoms with E-state index in [-0.39, 0.29) is 17.8 Å². The number of anilines is 1. The van der Waals surface area contributed by atoms with Crippen molar-refractivity contribution in [2.45, 2.75) is 56.0 Å². The molecule has 0 saturated carbocycles. The number of carbonyl (C=O) groups is 1. The van der Waals surface area contributed by atoms with E-state index in [9.17, 15) is 18.0 Å². The molecule has 0 aliphatic carbocycles. The van der Waals surface area contributed by atoms with E-state index in [0.29, 0.717) is 30.1 Å². The number of fused-ring (bicyclic) bond motifs is 1. The lowest BCUT2D eigenvalue weighted by Gasteiger charge is -2.21. The second-order valence-electron chi connectivity index (χ2n) is 8.40. The molecule has 0 fully saturated rings. The maximum Gasteiger partial charge on any atom is 0.471 e. The third-order valence-corrected chi connectivity index (χ3v) is 6.45. The van der Waals surface area contributed by atoms with Crippen molar-refractivity contribution in [3.63, 3.8) is 0 Å². The summed E-state index contributed by atoms with van der Waals surface area (Å²) in [7, 11) is 0. The molecule has 2 aromatic rings. The van der Waals surface area contributed by atoms with Crippen LogP contribution in [0.5, 0.6) is 0 Å². The van der Waals surface area contributed by atoms with Gasteiger partial charge in [0.1, 0.15) is 0 Å². The van der Waals surface area contributed by atoms with E-state index in [2.05, 4.69) is 31.1 Å². The van der Waals surface area contributed by atoms with E-state index in [1.807, 2.05) is 12.1 Å². The molecular formula is C22H25ClF3N3OS. The minimum absolute atomic E-state index is 0.00160. The molecule has 0 unspecified atom stereocenters. The van der Waals surface area contributed by atoms with Gasteiger partial charge in [-0.2, -0.15) is 13.2 Å². The van der Waals surface area contributed by atoms with Crippen LogP contribution in [-0.2, 0) is 24.2 Å². The Morgan fingerprint density at radius 3 is 2.58 bits per heavy atom. The molecule has 1 aliphatic rings. The largest absolute Gasteiger partial charge is 0.471 e. The molecule has 1 N–H and O–H groups in total. The first kappa shape index (κ1) is 23.7. The number of hydrogen-bond acceptors (Lipinski definition) is 4. The van der Waals surface area contributed by atoms with E-state index in [1.54, 1.807) is 30.2 Å². The Morgan fingerprint density at radius 1 is 1.19 bits per heavy atom. The Bertz CT molecular complexity index is 960. The number of pyridine rings is 1. The number of nitrogens with one attached hydrogen (secondary N) is 1. The SMILES string of the molecule is CC(C)(C)Sc1ccncc1CNc1c(Cl)ccc2c1CCN(C(=O)C(F)(F)F)CC2. The van der Waals surface area contributed by atoms with Crippen LogP contribution in [0.1, 0.15) is 37.5 Å². The summed E-state index contributed by atoms with van der Waals surface area (Å²) in [5.74, 6) is -1.79. The zero-order valence-corrected chi connectivity index (χ0v) is 19.2. The molecular weight excluding hydrogens is 447 g/mol. The molecule has 168 valence electrons. The Morgan fingerprint density at radius 2 is 1.90 bits per heavy atom. The lowest BCUT2D eigenvalue weighted by atomic mass is 10.0. The van der Waals surface area contributed by atoms with Crippen molar-refractivity contribution in [3.8, 4) is 0 Å². The zero-order chi connectivity index (χ0) is 22.8. The van der Waals surface area contributed by atoms with Crippen LogP contribution in [0, 0.1) is 0 Å². The minimum Gasteiger partial charge on any atom is -0.379 e. The normalized spacial score (nSPS) is 14.7. The first-order chi connectivity index (χ1) is 14.5. The number of benzene rings is 1. The standard InChI is InChI=1S/C22H25ClF3N3OS/c1-21(2,3)31-18-6-9-27-12-15(18)13-28-19-16-8-11-29(20(30)22(24,25)26)10-7-14(16)4-5-17(19)23/h4-6,9,12,28H,7-8,10-11,13H2,1-3H3. The van der Waals surface area contributed by atoms with E-state index in [4.69, 9.17) is 11.6 Å². The number of rotatable bonds is 4. The van der Waals surface area contributed by atoms with Gasteiger partial charge in [0.2, 0.25) is 0 Å². The van der Waals surface area contributed by atoms with Gasteiger partial charge in [-0.3, -0.25) is 9.78 Å². The van der Waals surface area contributed by atoms with E-state index >= 15 is 0 Å². The van der Waals surface area contributed by atoms with Crippen LogP contribution in [0.4, 0.5) is 18.9 Å². The number of amides is 1. The van der Waals surface area contributed by atoms with Crippen molar-refractivity contribution in [2.75, 3.05) is 18.4 Å². The minimum atomic E-state index is -4.86. The summed E-state index contributed by atoms with van der Waals surface area (Å²) in [5.41, 5.74) is 3.48. The molecule has 0 saturated heterocycles. The summed E-state index contributed by atoms with van der Waals surface area (Å²) >= 11 is 8.20. The maximum atomic E-state index is 12.9. The third kappa shape index (κ3) is 6.07. The first-order valence-corrected chi connectivity index (χ1v) is 11.2. The summed E-state index contributed by atoms with van der Waals surface area (Å²) in [5, 5.41) is 3.88. The average Bonchev–Trinajstić information content (AvgIpc) is 2.88. The summed E-state index contributed by atoms with van der Waals surface area (Å²) < 4.78 is 38.6. The molecule has 1 aromatic carbocycles. The van der Waals surface area contributed by atoms with Crippen LogP contribution in [0.15, 0.2) is 35.5 Å². The second kappa shape index (κ2) is 9.28. The molecule has 1 amide bonds. The van der Waals surface area contributed by atoms with Crippen molar-refractivity contribution in [1.82, 2.24) is 9.88 Å².